The van der Waals surface area contributed by atoms with Gasteiger partial charge in [-0.2, -0.15) is 0 Å². The zero-order chi connectivity index (χ0) is 20.4. The van der Waals surface area contributed by atoms with Gasteiger partial charge < -0.3 is 9.88 Å². The zero-order valence-electron chi connectivity index (χ0n) is 17.9. The lowest BCUT2D eigenvalue weighted by Gasteiger charge is -2.20. The first-order valence-electron chi connectivity index (χ1n) is 10.1. The van der Waals surface area contributed by atoms with Crippen LogP contribution in [0.1, 0.15) is 66.4 Å². The van der Waals surface area contributed by atoms with Crippen LogP contribution in [-0.4, -0.2) is 15.5 Å². The maximum absolute atomic E-state index is 12.2. The molecular weight excluding hydrogens is 346 g/mol. The van der Waals surface area contributed by atoms with Gasteiger partial charge in [0.25, 0.3) is 0 Å². The van der Waals surface area contributed by atoms with Gasteiger partial charge in [0, 0.05) is 13.0 Å². The van der Waals surface area contributed by atoms with Gasteiger partial charge in [-0.25, -0.2) is 4.98 Å². The normalized spacial score (nSPS) is 12.4. The highest BCUT2D eigenvalue weighted by atomic mass is 16.1. The Kier molecular flexibility index (Phi) is 5.87. The van der Waals surface area contributed by atoms with Gasteiger partial charge in [0.2, 0.25) is 5.91 Å². The summed E-state index contributed by atoms with van der Waals surface area (Å²) in [7, 11) is 0. The molecule has 1 unspecified atom stereocenters. The lowest BCUT2D eigenvalue weighted by molar-refractivity contribution is -0.121. The lowest BCUT2D eigenvalue weighted by Crippen LogP contribution is -2.28. The summed E-state index contributed by atoms with van der Waals surface area (Å²) in [5, 5.41) is 3.11. The van der Waals surface area contributed by atoms with E-state index in [2.05, 4.69) is 49.7 Å². The molecule has 1 heterocycles. The topological polar surface area (TPSA) is 46.9 Å². The minimum absolute atomic E-state index is 0.0763. The third-order valence-electron chi connectivity index (χ3n) is 5.76. The molecule has 0 fully saturated rings. The van der Waals surface area contributed by atoms with E-state index in [0.717, 1.165) is 29.8 Å². The van der Waals surface area contributed by atoms with Crippen molar-refractivity contribution in [3.05, 3.63) is 64.0 Å². The first kappa shape index (κ1) is 20.1. The molecule has 4 heteroatoms. The van der Waals surface area contributed by atoms with Crippen LogP contribution in [-0.2, 0) is 11.3 Å². The number of carbonyl (C=O) groups is 1. The number of fused-ring (bicyclic) bond motifs is 1. The lowest BCUT2D eigenvalue weighted by atomic mass is 9.94. The monoisotopic (exact) mass is 377 g/mol. The van der Waals surface area contributed by atoms with E-state index in [0.29, 0.717) is 6.42 Å². The number of para-hydroxylation sites is 2. The minimum Gasteiger partial charge on any atom is -0.346 e. The van der Waals surface area contributed by atoms with Crippen molar-refractivity contribution in [2.24, 2.45) is 0 Å². The highest BCUT2D eigenvalue weighted by Gasteiger charge is 2.20. The van der Waals surface area contributed by atoms with E-state index < -0.39 is 0 Å². The van der Waals surface area contributed by atoms with Crippen molar-refractivity contribution in [3.8, 4) is 0 Å². The predicted molar refractivity (Wildman–Crippen MR) is 116 cm³/mol. The molecule has 0 saturated heterocycles. The maximum atomic E-state index is 12.2. The number of imidazole rings is 1. The number of hydrogen-bond acceptors (Lipinski definition) is 2. The van der Waals surface area contributed by atoms with Crippen LogP contribution in [0.15, 0.2) is 30.3 Å². The maximum Gasteiger partial charge on any atom is 0.220 e. The smallest absolute Gasteiger partial charge is 0.220 e. The molecule has 0 aliphatic heterocycles. The van der Waals surface area contributed by atoms with Crippen molar-refractivity contribution in [1.29, 1.82) is 0 Å². The van der Waals surface area contributed by atoms with Gasteiger partial charge in [0.15, 0.2) is 0 Å². The van der Waals surface area contributed by atoms with Crippen molar-refractivity contribution in [3.63, 3.8) is 0 Å². The zero-order valence-corrected chi connectivity index (χ0v) is 17.9. The summed E-state index contributed by atoms with van der Waals surface area (Å²) in [6.07, 6.45) is 1.38. The van der Waals surface area contributed by atoms with Crippen LogP contribution in [0.4, 0.5) is 0 Å². The molecule has 4 nitrogen and oxygen atoms in total. The molecule has 3 aromatic rings. The molecule has 0 radical (unpaired) electrons. The van der Waals surface area contributed by atoms with E-state index in [-0.39, 0.29) is 11.9 Å². The van der Waals surface area contributed by atoms with Crippen LogP contribution >= 0.6 is 0 Å². The second kappa shape index (κ2) is 8.17. The van der Waals surface area contributed by atoms with Crippen LogP contribution in [0.25, 0.3) is 11.0 Å². The Hall–Kier alpha value is -2.62. The molecule has 148 valence electrons. The summed E-state index contributed by atoms with van der Waals surface area (Å²) in [6, 6.07) is 10.3. The highest BCUT2D eigenvalue weighted by Crippen LogP contribution is 2.27. The molecule has 28 heavy (non-hydrogen) atoms. The van der Waals surface area contributed by atoms with Crippen LogP contribution in [0, 0.1) is 27.7 Å². The van der Waals surface area contributed by atoms with E-state index in [1.54, 1.807) is 0 Å². The Labute approximate surface area is 168 Å². The summed E-state index contributed by atoms with van der Waals surface area (Å²) < 4.78 is 2.26. The van der Waals surface area contributed by atoms with E-state index in [1.165, 1.54) is 27.8 Å². The van der Waals surface area contributed by atoms with Crippen LogP contribution < -0.4 is 5.32 Å². The molecule has 0 spiro atoms. The molecule has 1 aromatic heterocycles. The van der Waals surface area contributed by atoms with E-state index in [4.69, 9.17) is 4.98 Å². The number of nitrogens with zero attached hydrogens (tertiary/aromatic N) is 2. The minimum atomic E-state index is -0.141. The third kappa shape index (κ3) is 3.82. The third-order valence-corrected chi connectivity index (χ3v) is 5.76. The number of benzene rings is 2. The quantitative estimate of drug-likeness (QED) is 0.634. The molecule has 1 amide bonds. The number of amides is 1. The van der Waals surface area contributed by atoms with Crippen molar-refractivity contribution in [2.45, 2.75) is 67.0 Å². The van der Waals surface area contributed by atoms with E-state index in [1.807, 2.05) is 32.0 Å². The summed E-state index contributed by atoms with van der Waals surface area (Å²) in [5.41, 5.74) is 8.69. The van der Waals surface area contributed by atoms with E-state index >= 15 is 0 Å². The standard InChI is InChI=1S/C24H31N3O/c1-7-10-23(28)25-19(6)24-26-21-11-8-9-12-22(21)27(24)14-20-17(4)15(2)13-16(3)18(20)5/h8-9,11-13,19H,7,10,14H2,1-6H3,(H,25,28). The van der Waals surface area contributed by atoms with Gasteiger partial charge >= 0.3 is 0 Å². The molecule has 0 bridgehead atoms. The molecule has 3 rings (SSSR count). The molecule has 1 atom stereocenters. The molecule has 0 saturated carbocycles. The van der Waals surface area contributed by atoms with Crippen LogP contribution in [0.2, 0.25) is 0 Å². The Morgan fingerprint density at radius 1 is 1.11 bits per heavy atom. The average molecular weight is 378 g/mol. The highest BCUT2D eigenvalue weighted by molar-refractivity contribution is 5.78. The van der Waals surface area contributed by atoms with Gasteiger partial charge in [-0.1, -0.05) is 25.1 Å². The van der Waals surface area contributed by atoms with Gasteiger partial charge in [-0.3, -0.25) is 4.79 Å². The second-order valence-electron chi connectivity index (χ2n) is 7.82. The molecule has 2 aromatic carbocycles. The number of aromatic nitrogens is 2. The molecule has 1 N–H and O–H groups in total. The Balaban J connectivity index is 2.09. The summed E-state index contributed by atoms with van der Waals surface area (Å²) in [5.74, 6) is 0.982. The number of rotatable bonds is 6. The summed E-state index contributed by atoms with van der Waals surface area (Å²) in [4.78, 5) is 17.0. The van der Waals surface area contributed by atoms with Crippen LogP contribution in [0.3, 0.4) is 0 Å². The first-order valence-corrected chi connectivity index (χ1v) is 10.1. The fourth-order valence-corrected chi connectivity index (χ4v) is 3.89. The van der Waals surface area contributed by atoms with Crippen LogP contribution in [0.5, 0.6) is 0 Å². The van der Waals surface area contributed by atoms with Crippen molar-refractivity contribution in [2.75, 3.05) is 0 Å². The van der Waals surface area contributed by atoms with Gasteiger partial charge in [0.1, 0.15) is 5.82 Å². The molecule has 0 aliphatic carbocycles. The Bertz CT molecular complexity index is 990. The van der Waals surface area contributed by atoms with Crippen molar-refractivity contribution >= 4 is 16.9 Å². The average Bonchev–Trinajstić information content (AvgIpc) is 3.02. The Morgan fingerprint density at radius 3 is 2.39 bits per heavy atom. The first-order chi connectivity index (χ1) is 13.3. The molecular formula is C24H31N3O. The number of hydrogen-bond donors (Lipinski definition) is 1. The number of aryl methyl sites for hydroxylation is 2. The van der Waals surface area contributed by atoms with Crippen molar-refractivity contribution in [1.82, 2.24) is 14.9 Å². The SMILES string of the molecule is CCCC(=O)NC(C)c1nc2ccccc2n1Cc1c(C)c(C)cc(C)c1C. The predicted octanol–water partition coefficient (Wildman–Crippen LogP) is 5.30. The number of nitrogens with one attached hydrogen (secondary N) is 1. The molecule has 0 aliphatic rings. The van der Waals surface area contributed by atoms with Crippen molar-refractivity contribution < 1.29 is 4.79 Å². The number of carbonyl (C=O) groups excluding carboxylic acids is 1. The summed E-state index contributed by atoms with van der Waals surface area (Å²) in [6.45, 7) is 13.5. The fraction of sp³-hybridized carbons (Fsp3) is 0.417. The second-order valence-corrected chi connectivity index (χ2v) is 7.82. The fourth-order valence-electron chi connectivity index (χ4n) is 3.89. The van der Waals surface area contributed by atoms with Gasteiger partial charge in [-0.05, 0) is 81.0 Å². The van der Waals surface area contributed by atoms with Gasteiger partial charge in [-0.15, -0.1) is 0 Å². The van der Waals surface area contributed by atoms with Gasteiger partial charge in [0.05, 0.1) is 17.1 Å². The summed E-state index contributed by atoms with van der Waals surface area (Å²) >= 11 is 0. The largest absolute Gasteiger partial charge is 0.346 e. The van der Waals surface area contributed by atoms with E-state index in [9.17, 15) is 4.79 Å². The Morgan fingerprint density at radius 2 is 1.75 bits per heavy atom.